The standard InChI is InChI=1S/C15H28O5S/c1-5-7-8-10-14(6-2)20-21(17,18)12-9-11-19-15(16)13(3)4/h14H,3,5-12H2,1-2,4H3. The topological polar surface area (TPSA) is 69.7 Å². The maximum Gasteiger partial charge on any atom is 0.333 e. The van der Waals surface area contributed by atoms with E-state index in [1.54, 1.807) is 6.92 Å². The van der Waals surface area contributed by atoms with Crippen LogP contribution in [0.4, 0.5) is 0 Å². The fourth-order valence-corrected chi connectivity index (χ4v) is 2.94. The van der Waals surface area contributed by atoms with Crippen LogP contribution in [0.2, 0.25) is 0 Å². The lowest BCUT2D eigenvalue weighted by molar-refractivity contribution is -0.138. The van der Waals surface area contributed by atoms with Crippen LogP contribution in [0, 0.1) is 0 Å². The van der Waals surface area contributed by atoms with Crippen LogP contribution in [0.25, 0.3) is 0 Å². The van der Waals surface area contributed by atoms with Gasteiger partial charge in [0.15, 0.2) is 0 Å². The fourth-order valence-electron chi connectivity index (χ4n) is 1.72. The molecule has 0 radical (unpaired) electrons. The van der Waals surface area contributed by atoms with Crippen molar-refractivity contribution in [3.05, 3.63) is 12.2 Å². The SMILES string of the molecule is C=C(C)C(=O)OCCCS(=O)(=O)OC(CC)CCCCC. The molecule has 0 aromatic carbocycles. The molecule has 0 N–H and O–H groups in total. The third kappa shape index (κ3) is 10.5. The maximum atomic E-state index is 11.8. The first-order valence-corrected chi connectivity index (χ1v) is 9.13. The molecule has 1 atom stereocenters. The van der Waals surface area contributed by atoms with Crippen LogP contribution < -0.4 is 0 Å². The molecule has 0 saturated carbocycles. The summed E-state index contributed by atoms with van der Waals surface area (Å²) in [5, 5.41) is 0. The molecule has 6 heteroatoms. The van der Waals surface area contributed by atoms with Crippen molar-refractivity contribution in [2.24, 2.45) is 0 Å². The number of hydrogen-bond donors (Lipinski definition) is 0. The molecule has 0 aliphatic rings. The first-order valence-electron chi connectivity index (χ1n) is 7.56. The van der Waals surface area contributed by atoms with Crippen LogP contribution in [-0.2, 0) is 23.8 Å². The molecular formula is C15H28O5S. The van der Waals surface area contributed by atoms with E-state index >= 15 is 0 Å². The molecule has 5 nitrogen and oxygen atoms in total. The molecule has 0 aliphatic heterocycles. The van der Waals surface area contributed by atoms with Crippen molar-refractivity contribution >= 4 is 16.1 Å². The van der Waals surface area contributed by atoms with E-state index in [9.17, 15) is 13.2 Å². The lowest BCUT2D eigenvalue weighted by Gasteiger charge is -2.15. The molecule has 0 fully saturated rings. The van der Waals surface area contributed by atoms with Gasteiger partial charge in [-0.2, -0.15) is 8.42 Å². The molecule has 124 valence electrons. The second-order valence-electron chi connectivity index (χ2n) is 5.15. The highest BCUT2D eigenvalue weighted by molar-refractivity contribution is 7.86. The Morgan fingerprint density at radius 2 is 1.86 bits per heavy atom. The van der Waals surface area contributed by atoms with Gasteiger partial charge in [-0.15, -0.1) is 0 Å². The Morgan fingerprint density at radius 3 is 2.38 bits per heavy atom. The van der Waals surface area contributed by atoms with Crippen LogP contribution in [0.5, 0.6) is 0 Å². The number of carbonyl (C=O) groups is 1. The van der Waals surface area contributed by atoms with Crippen molar-refractivity contribution in [3.8, 4) is 0 Å². The summed E-state index contributed by atoms with van der Waals surface area (Å²) in [5.41, 5.74) is 0.302. The van der Waals surface area contributed by atoms with E-state index in [1.807, 2.05) is 6.92 Å². The minimum absolute atomic E-state index is 0.0565. The third-order valence-electron chi connectivity index (χ3n) is 2.99. The van der Waals surface area contributed by atoms with Gasteiger partial charge in [0.05, 0.1) is 18.5 Å². The van der Waals surface area contributed by atoms with E-state index in [2.05, 4.69) is 13.5 Å². The molecule has 0 aromatic rings. The van der Waals surface area contributed by atoms with Crippen molar-refractivity contribution in [3.63, 3.8) is 0 Å². The Labute approximate surface area is 128 Å². The normalized spacial score (nSPS) is 12.9. The second kappa shape index (κ2) is 10.8. The monoisotopic (exact) mass is 320 g/mol. The molecule has 0 heterocycles. The Balaban J connectivity index is 4.05. The van der Waals surface area contributed by atoms with E-state index in [-0.39, 0.29) is 24.9 Å². The number of ether oxygens (including phenoxy) is 1. The molecule has 0 aromatic heterocycles. The molecule has 0 aliphatic carbocycles. The average molecular weight is 320 g/mol. The molecule has 0 amide bonds. The zero-order valence-corrected chi connectivity index (χ0v) is 14.2. The Hall–Kier alpha value is -0.880. The Bertz CT molecular complexity index is 414. The lowest BCUT2D eigenvalue weighted by atomic mass is 10.1. The zero-order chi connectivity index (χ0) is 16.3. The molecular weight excluding hydrogens is 292 g/mol. The Kier molecular flexibility index (Phi) is 10.3. The van der Waals surface area contributed by atoms with Crippen LogP contribution >= 0.6 is 0 Å². The van der Waals surface area contributed by atoms with Crippen molar-refractivity contribution in [1.29, 1.82) is 0 Å². The van der Waals surface area contributed by atoms with Crippen molar-refractivity contribution in [1.82, 2.24) is 0 Å². The summed E-state index contributed by atoms with van der Waals surface area (Å²) in [6.45, 7) is 9.07. The van der Waals surface area contributed by atoms with E-state index in [1.165, 1.54) is 0 Å². The van der Waals surface area contributed by atoms with Gasteiger partial charge in [-0.25, -0.2) is 4.79 Å². The van der Waals surface area contributed by atoms with E-state index < -0.39 is 16.1 Å². The summed E-state index contributed by atoms with van der Waals surface area (Å²) < 4.78 is 33.7. The van der Waals surface area contributed by atoms with Crippen molar-refractivity contribution in [2.75, 3.05) is 12.4 Å². The van der Waals surface area contributed by atoms with Crippen LogP contribution in [0.3, 0.4) is 0 Å². The van der Waals surface area contributed by atoms with E-state index in [0.717, 1.165) is 25.7 Å². The average Bonchev–Trinajstić information content (AvgIpc) is 2.42. The highest BCUT2D eigenvalue weighted by atomic mass is 32.2. The van der Waals surface area contributed by atoms with E-state index in [0.29, 0.717) is 12.0 Å². The van der Waals surface area contributed by atoms with E-state index in [4.69, 9.17) is 8.92 Å². The lowest BCUT2D eigenvalue weighted by Crippen LogP contribution is -2.21. The quantitative estimate of drug-likeness (QED) is 0.239. The summed E-state index contributed by atoms with van der Waals surface area (Å²) in [5.74, 6) is -0.639. The van der Waals surface area contributed by atoms with Crippen LogP contribution in [-0.4, -0.2) is 32.9 Å². The summed E-state index contributed by atoms with van der Waals surface area (Å²) in [6.07, 6.45) is 4.56. The summed E-state index contributed by atoms with van der Waals surface area (Å²) in [4.78, 5) is 11.1. The molecule has 0 bridgehead atoms. The first-order chi connectivity index (χ1) is 9.82. The van der Waals surface area contributed by atoms with Gasteiger partial charge in [0.1, 0.15) is 0 Å². The Morgan fingerprint density at radius 1 is 1.19 bits per heavy atom. The highest BCUT2D eigenvalue weighted by Gasteiger charge is 2.18. The molecule has 0 spiro atoms. The minimum Gasteiger partial charge on any atom is -0.462 e. The second-order valence-corrected chi connectivity index (χ2v) is 6.87. The van der Waals surface area contributed by atoms with Gasteiger partial charge >= 0.3 is 5.97 Å². The summed E-state index contributed by atoms with van der Waals surface area (Å²) in [6, 6.07) is 0. The van der Waals surface area contributed by atoms with Gasteiger partial charge in [0, 0.05) is 5.57 Å². The molecule has 0 rings (SSSR count). The van der Waals surface area contributed by atoms with Crippen LogP contribution in [0.15, 0.2) is 12.2 Å². The van der Waals surface area contributed by atoms with Gasteiger partial charge in [0.2, 0.25) is 0 Å². The molecule has 0 saturated heterocycles. The summed E-state index contributed by atoms with van der Waals surface area (Å²) in [7, 11) is -3.56. The molecule has 1 unspecified atom stereocenters. The predicted octanol–water partition coefficient (Wildman–Crippen LogP) is 3.20. The predicted molar refractivity (Wildman–Crippen MR) is 83.5 cm³/mol. The smallest absolute Gasteiger partial charge is 0.333 e. The van der Waals surface area contributed by atoms with Gasteiger partial charge in [0.25, 0.3) is 10.1 Å². The largest absolute Gasteiger partial charge is 0.462 e. The summed E-state index contributed by atoms with van der Waals surface area (Å²) >= 11 is 0. The molecule has 21 heavy (non-hydrogen) atoms. The first kappa shape index (κ1) is 20.1. The van der Waals surface area contributed by atoms with Gasteiger partial charge < -0.3 is 4.74 Å². The van der Waals surface area contributed by atoms with Crippen molar-refractivity contribution < 1.29 is 22.1 Å². The number of carbonyl (C=O) groups excluding carboxylic acids is 1. The minimum atomic E-state index is -3.56. The number of hydrogen-bond acceptors (Lipinski definition) is 5. The van der Waals surface area contributed by atoms with Gasteiger partial charge in [-0.3, -0.25) is 4.18 Å². The van der Waals surface area contributed by atoms with Gasteiger partial charge in [-0.05, 0) is 26.2 Å². The number of esters is 1. The fraction of sp³-hybridized carbons (Fsp3) is 0.800. The number of rotatable bonds is 12. The third-order valence-corrected chi connectivity index (χ3v) is 4.34. The maximum absolute atomic E-state index is 11.8. The zero-order valence-electron chi connectivity index (χ0n) is 13.4. The van der Waals surface area contributed by atoms with Crippen molar-refractivity contribution in [2.45, 2.75) is 65.4 Å². The highest BCUT2D eigenvalue weighted by Crippen LogP contribution is 2.13. The van der Waals surface area contributed by atoms with Gasteiger partial charge in [-0.1, -0.05) is 39.7 Å². The number of unbranched alkanes of at least 4 members (excludes halogenated alkanes) is 2. The van der Waals surface area contributed by atoms with Crippen LogP contribution in [0.1, 0.15) is 59.3 Å².